The molecule has 1 atom stereocenters. The van der Waals surface area contributed by atoms with E-state index in [1.54, 1.807) is 0 Å². The van der Waals surface area contributed by atoms with Crippen molar-refractivity contribution in [1.29, 1.82) is 0 Å². The Hall–Kier alpha value is -1.61. The van der Waals surface area contributed by atoms with Gasteiger partial charge in [0.25, 0.3) is 5.91 Å². The first kappa shape index (κ1) is 10.5. The Morgan fingerprint density at radius 3 is 2.94 bits per heavy atom. The van der Waals surface area contributed by atoms with Gasteiger partial charge in [-0.1, -0.05) is 31.2 Å². The number of amides is 1. The van der Waals surface area contributed by atoms with Crippen LogP contribution < -0.4 is 5.73 Å². The third kappa shape index (κ3) is 1.58. The summed E-state index contributed by atoms with van der Waals surface area (Å²) in [4.78, 5) is 13.1. The van der Waals surface area contributed by atoms with Crippen LogP contribution in [0.2, 0.25) is 0 Å². The van der Waals surface area contributed by atoms with Gasteiger partial charge in [0.15, 0.2) is 0 Å². The van der Waals surface area contributed by atoms with Crippen LogP contribution in [-0.4, -0.2) is 5.91 Å². The molecule has 1 amide bonds. The highest BCUT2D eigenvalue weighted by molar-refractivity contribution is 7.17. The first-order valence-electron chi connectivity index (χ1n) is 5.68. The zero-order chi connectivity index (χ0) is 12.0. The fraction of sp³-hybridized carbons (Fsp3) is 0.214. The van der Waals surface area contributed by atoms with Crippen LogP contribution >= 0.6 is 11.3 Å². The number of carbonyl (C=O) groups is 1. The third-order valence-electron chi connectivity index (χ3n) is 3.31. The fourth-order valence-corrected chi connectivity index (χ4v) is 3.59. The number of primary amides is 1. The van der Waals surface area contributed by atoms with E-state index < -0.39 is 0 Å². The van der Waals surface area contributed by atoms with E-state index in [0.29, 0.717) is 10.8 Å². The largest absolute Gasteiger partial charge is 0.365 e. The minimum Gasteiger partial charge on any atom is -0.365 e. The maximum Gasteiger partial charge on any atom is 0.258 e. The summed E-state index contributed by atoms with van der Waals surface area (Å²) in [5, 5.41) is 0. The average Bonchev–Trinajstić information content (AvgIpc) is 2.73. The minimum absolute atomic E-state index is 0.325. The quantitative estimate of drug-likeness (QED) is 0.821. The standard InChI is InChI=1S/C14H13NOS/c1-8-6-9-7-12(14(15)16)17-13(9)11-5-3-2-4-10(8)11/h2-5,7-8H,6H2,1H3,(H2,15,16). The van der Waals surface area contributed by atoms with E-state index in [4.69, 9.17) is 5.73 Å². The molecule has 2 N–H and O–H groups in total. The SMILES string of the molecule is CC1Cc2cc(C(N)=O)sc2-c2ccccc21. The maximum atomic E-state index is 11.2. The predicted molar refractivity (Wildman–Crippen MR) is 70.4 cm³/mol. The molecule has 0 bridgehead atoms. The van der Waals surface area contributed by atoms with Crippen LogP contribution in [0.4, 0.5) is 0 Å². The van der Waals surface area contributed by atoms with Crippen molar-refractivity contribution in [2.45, 2.75) is 19.3 Å². The average molecular weight is 243 g/mol. The van der Waals surface area contributed by atoms with E-state index in [0.717, 1.165) is 6.42 Å². The number of thiophene rings is 1. The van der Waals surface area contributed by atoms with Gasteiger partial charge in [0.05, 0.1) is 4.88 Å². The highest BCUT2D eigenvalue weighted by atomic mass is 32.1. The second-order valence-corrected chi connectivity index (χ2v) is 5.57. The van der Waals surface area contributed by atoms with Gasteiger partial charge in [0.1, 0.15) is 0 Å². The van der Waals surface area contributed by atoms with Gasteiger partial charge >= 0.3 is 0 Å². The van der Waals surface area contributed by atoms with Gasteiger partial charge in [-0.15, -0.1) is 11.3 Å². The zero-order valence-corrected chi connectivity index (χ0v) is 10.4. The van der Waals surface area contributed by atoms with Crippen LogP contribution in [0.1, 0.15) is 33.6 Å². The van der Waals surface area contributed by atoms with Crippen LogP contribution in [0.15, 0.2) is 30.3 Å². The van der Waals surface area contributed by atoms with Gasteiger partial charge in [-0.2, -0.15) is 0 Å². The molecule has 1 unspecified atom stereocenters. The molecule has 0 fully saturated rings. The molecule has 3 heteroatoms. The summed E-state index contributed by atoms with van der Waals surface area (Å²) in [6.07, 6.45) is 0.996. The van der Waals surface area contributed by atoms with Crippen LogP contribution in [0.25, 0.3) is 10.4 Å². The number of carbonyl (C=O) groups excluding carboxylic acids is 1. The lowest BCUT2D eigenvalue weighted by Gasteiger charge is -2.22. The van der Waals surface area contributed by atoms with Crippen molar-refractivity contribution >= 4 is 17.2 Å². The molecule has 3 rings (SSSR count). The van der Waals surface area contributed by atoms with Crippen molar-refractivity contribution < 1.29 is 4.79 Å². The lowest BCUT2D eigenvalue weighted by atomic mass is 9.84. The Bertz CT molecular complexity index is 600. The van der Waals surface area contributed by atoms with E-state index in [1.807, 2.05) is 12.1 Å². The number of rotatable bonds is 1. The molecule has 0 saturated carbocycles. The van der Waals surface area contributed by atoms with Crippen molar-refractivity contribution in [3.05, 3.63) is 46.3 Å². The molecule has 2 nitrogen and oxygen atoms in total. The van der Waals surface area contributed by atoms with Crippen LogP contribution in [0.5, 0.6) is 0 Å². The van der Waals surface area contributed by atoms with Crippen molar-refractivity contribution in [3.8, 4) is 10.4 Å². The molecule has 17 heavy (non-hydrogen) atoms. The van der Waals surface area contributed by atoms with E-state index in [1.165, 1.54) is 32.9 Å². The van der Waals surface area contributed by atoms with Gasteiger partial charge in [0.2, 0.25) is 0 Å². The van der Waals surface area contributed by atoms with E-state index in [2.05, 4.69) is 25.1 Å². The molecule has 1 heterocycles. The molecular formula is C14H13NOS. The Morgan fingerprint density at radius 1 is 1.41 bits per heavy atom. The maximum absolute atomic E-state index is 11.2. The van der Waals surface area contributed by atoms with Crippen molar-refractivity contribution in [3.63, 3.8) is 0 Å². The molecule has 1 aliphatic rings. The molecule has 1 aliphatic carbocycles. The first-order chi connectivity index (χ1) is 8.16. The Morgan fingerprint density at radius 2 is 2.18 bits per heavy atom. The Balaban J connectivity index is 2.22. The summed E-state index contributed by atoms with van der Waals surface area (Å²) < 4.78 is 0. The topological polar surface area (TPSA) is 43.1 Å². The summed E-state index contributed by atoms with van der Waals surface area (Å²) in [5.74, 6) is 0.184. The number of nitrogens with two attached hydrogens (primary N) is 1. The normalized spacial score (nSPS) is 17.4. The predicted octanol–water partition coefficient (Wildman–Crippen LogP) is 3.17. The highest BCUT2D eigenvalue weighted by Crippen LogP contribution is 2.43. The Kier molecular flexibility index (Phi) is 2.30. The monoisotopic (exact) mass is 243 g/mol. The van der Waals surface area contributed by atoms with Crippen LogP contribution in [0.3, 0.4) is 0 Å². The zero-order valence-electron chi connectivity index (χ0n) is 9.57. The molecular weight excluding hydrogens is 230 g/mol. The fourth-order valence-electron chi connectivity index (χ4n) is 2.50. The van der Waals surface area contributed by atoms with Gasteiger partial charge in [-0.3, -0.25) is 4.79 Å². The van der Waals surface area contributed by atoms with Crippen molar-refractivity contribution in [2.24, 2.45) is 5.73 Å². The van der Waals surface area contributed by atoms with Gasteiger partial charge in [-0.05, 0) is 35.1 Å². The van der Waals surface area contributed by atoms with Gasteiger partial charge in [0, 0.05) is 4.88 Å². The lowest BCUT2D eigenvalue weighted by Crippen LogP contribution is -2.08. The van der Waals surface area contributed by atoms with Crippen LogP contribution in [-0.2, 0) is 6.42 Å². The second-order valence-electron chi connectivity index (χ2n) is 4.52. The molecule has 0 aliphatic heterocycles. The van der Waals surface area contributed by atoms with Gasteiger partial charge < -0.3 is 5.73 Å². The highest BCUT2D eigenvalue weighted by Gasteiger charge is 2.24. The van der Waals surface area contributed by atoms with Gasteiger partial charge in [-0.25, -0.2) is 0 Å². The number of benzene rings is 1. The first-order valence-corrected chi connectivity index (χ1v) is 6.50. The van der Waals surface area contributed by atoms with Crippen molar-refractivity contribution in [1.82, 2.24) is 0 Å². The van der Waals surface area contributed by atoms with Crippen molar-refractivity contribution in [2.75, 3.05) is 0 Å². The summed E-state index contributed by atoms with van der Waals surface area (Å²) >= 11 is 1.51. The lowest BCUT2D eigenvalue weighted by molar-refractivity contribution is 0.100. The third-order valence-corrected chi connectivity index (χ3v) is 4.54. The summed E-state index contributed by atoms with van der Waals surface area (Å²) in [5.41, 5.74) is 9.25. The number of hydrogen-bond donors (Lipinski definition) is 1. The molecule has 1 aromatic heterocycles. The second kappa shape index (κ2) is 3.70. The van der Waals surface area contributed by atoms with E-state index in [-0.39, 0.29) is 5.91 Å². The smallest absolute Gasteiger partial charge is 0.258 e. The molecule has 0 saturated heterocycles. The number of fused-ring (bicyclic) bond motifs is 3. The summed E-state index contributed by atoms with van der Waals surface area (Å²) in [6, 6.07) is 10.4. The summed E-state index contributed by atoms with van der Waals surface area (Å²) in [6.45, 7) is 2.23. The minimum atomic E-state index is -0.325. The molecule has 2 aromatic rings. The molecule has 0 radical (unpaired) electrons. The van der Waals surface area contributed by atoms with E-state index >= 15 is 0 Å². The number of hydrogen-bond acceptors (Lipinski definition) is 2. The summed E-state index contributed by atoms with van der Waals surface area (Å²) in [7, 11) is 0. The molecule has 1 aromatic carbocycles. The van der Waals surface area contributed by atoms with Crippen LogP contribution in [0, 0.1) is 0 Å². The Labute approximate surface area is 104 Å². The van der Waals surface area contributed by atoms with E-state index in [9.17, 15) is 4.79 Å². The molecule has 0 spiro atoms. The molecule has 86 valence electrons.